The summed E-state index contributed by atoms with van der Waals surface area (Å²) < 4.78 is 5.29. The molecule has 5 nitrogen and oxygen atoms in total. The van der Waals surface area contributed by atoms with E-state index in [0.29, 0.717) is 18.0 Å². The maximum absolute atomic E-state index is 12.5. The van der Waals surface area contributed by atoms with Gasteiger partial charge < -0.3 is 14.7 Å². The Kier molecular flexibility index (Phi) is 5.29. The fourth-order valence-electron chi connectivity index (χ4n) is 2.06. The van der Waals surface area contributed by atoms with Gasteiger partial charge in [0.05, 0.1) is 13.7 Å². The summed E-state index contributed by atoms with van der Waals surface area (Å²) in [6.45, 7) is 0.501. The topological polar surface area (TPSA) is 62.7 Å². The van der Waals surface area contributed by atoms with Gasteiger partial charge in [-0.2, -0.15) is 0 Å². The first-order valence-corrected chi connectivity index (χ1v) is 6.69. The van der Waals surface area contributed by atoms with Crippen molar-refractivity contribution in [2.75, 3.05) is 20.3 Å². The zero-order chi connectivity index (χ0) is 15.1. The smallest absolute Gasteiger partial charge is 0.272 e. The molecule has 0 aliphatic heterocycles. The van der Waals surface area contributed by atoms with Crippen LogP contribution in [0.15, 0.2) is 48.7 Å². The zero-order valence-corrected chi connectivity index (χ0v) is 11.9. The van der Waals surface area contributed by atoms with E-state index in [0.717, 1.165) is 5.56 Å². The number of carbonyl (C=O) groups is 1. The molecule has 0 bridgehead atoms. The molecule has 0 saturated carbocycles. The van der Waals surface area contributed by atoms with Crippen molar-refractivity contribution in [2.24, 2.45) is 0 Å². The van der Waals surface area contributed by atoms with E-state index in [9.17, 15) is 9.90 Å². The van der Waals surface area contributed by atoms with Crippen LogP contribution in [0.25, 0.3) is 0 Å². The van der Waals surface area contributed by atoms with Gasteiger partial charge in [-0.3, -0.25) is 9.78 Å². The minimum atomic E-state index is -0.212. The van der Waals surface area contributed by atoms with Gasteiger partial charge in [-0.25, -0.2) is 0 Å². The van der Waals surface area contributed by atoms with E-state index in [1.165, 1.54) is 0 Å². The van der Waals surface area contributed by atoms with E-state index in [4.69, 9.17) is 4.74 Å². The highest BCUT2D eigenvalue weighted by molar-refractivity contribution is 5.92. The molecule has 5 heteroatoms. The highest BCUT2D eigenvalue weighted by Gasteiger charge is 2.18. The number of carbonyl (C=O) groups excluding carboxylic acids is 1. The van der Waals surface area contributed by atoms with E-state index in [2.05, 4.69) is 4.98 Å². The van der Waals surface area contributed by atoms with Gasteiger partial charge in [-0.1, -0.05) is 24.3 Å². The molecule has 1 aromatic carbocycles. The molecule has 0 atom stereocenters. The molecule has 1 N–H and O–H groups in total. The fraction of sp³-hybridized carbons (Fsp3) is 0.250. The number of nitrogens with zero attached hydrogens (tertiary/aromatic N) is 2. The molecule has 0 radical (unpaired) electrons. The largest absolute Gasteiger partial charge is 0.496 e. The van der Waals surface area contributed by atoms with Gasteiger partial charge >= 0.3 is 0 Å². The second-order valence-corrected chi connectivity index (χ2v) is 4.48. The van der Waals surface area contributed by atoms with Crippen LogP contribution >= 0.6 is 0 Å². The van der Waals surface area contributed by atoms with Gasteiger partial charge in [-0.15, -0.1) is 0 Å². The first-order valence-electron chi connectivity index (χ1n) is 6.69. The maximum atomic E-state index is 12.5. The second-order valence-electron chi connectivity index (χ2n) is 4.48. The molecule has 2 rings (SSSR count). The highest BCUT2D eigenvalue weighted by Crippen LogP contribution is 2.19. The van der Waals surface area contributed by atoms with Crippen molar-refractivity contribution in [3.63, 3.8) is 0 Å². The molecular formula is C16H18N2O3. The van der Waals surface area contributed by atoms with Gasteiger partial charge in [0.15, 0.2) is 0 Å². The number of aliphatic hydroxyl groups is 1. The number of ether oxygens (including phenoxy) is 1. The van der Waals surface area contributed by atoms with Crippen LogP contribution < -0.4 is 4.74 Å². The molecule has 1 aromatic heterocycles. The number of methoxy groups -OCH3 is 1. The third-order valence-corrected chi connectivity index (χ3v) is 3.09. The minimum Gasteiger partial charge on any atom is -0.496 e. The summed E-state index contributed by atoms with van der Waals surface area (Å²) >= 11 is 0. The Labute approximate surface area is 123 Å². The maximum Gasteiger partial charge on any atom is 0.272 e. The van der Waals surface area contributed by atoms with Crippen LogP contribution in [-0.4, -0.2) is 41.2 Å². The molecule has 0 fully saturated rings. The predicted molar refractivity (Wildman–Crippen MR) is 79.1 cm³/mol. The Bertz CT molecular complexity index is 587. The number of rotatable bonds is 6. The summed E-state index contributed by atoms with van der Waals surface area (Å²) in [6.07, 6.45) is 1.58. The number of hydrogen-bond acceptors (Lipinski definition) is 4. The lowest BCUT2D eigenvalue weighted by atomic mass is 10.1. The van der Waals surface area contributed by atoms with Crippen LogP contribution in [0, 0.1) is 0 Å². The summed E-state index contributed by atoms with van der Waals surface area (Å²) in [4.78, 5) is 18.1. The number of pyridine rings is 1. The molecule has 21 heavy (non-hydrogen) atoms. The van der Waals surface area contributed by atoms with Gasteiger partial charge in [-0.05, 0) is 18.2 Å². The molecule has 1 amide bonds. The molecule has 1 heterocycles. The Morgan fingerprint density at radius 2 is 2.00 bits per heavy atom. The van der Waals surface area contributed by atoms with E-state index < -0.39 is 0 Å². The summed E-state index contributed by atoms with van der Waals surface area (Å²) in [5, 5.41) is 9.19. The van der Waals surface area contributed by atoms with E-state index >= 15 is 0 Å². The van der Waals surface area contributed by atoms with Crippen LogP contribution in [0.3, 0.4) is 0 Å². The van der Waals surface area contributed by atoms with Crippen molar-refractivity contribution < 1.29 is 14.6 Å². The van der Waals surface area contributed by atoms with E-state index in [-0.39, 0.29) is 19.1 Å². The van der Waals surface area contributed by atoms with Crippen molar-refractivity contribution >= 4 is 5.91 Å². The van der Waals surface area contributed by atoms with Crippen molar-refractivity contribution in [2.45, 2.75) is 6.54 Å². The number of para-hydroxylation sites is 1. The summed E-state index contributed by atoms with van der Waals surface area (Å²) in [7, 11) is 1.59. The van der Waals surface area contributed by atoms with Crippen LogP contribution in [-0.2, 0) is 6.54 Å². The normalized spacial score (nSPS) is 10.2. The highest BCUT2D eigenvalue weighted by atomic mass is 16.5. The number of aliphatic hydroxyl groups excluding tert-OH is 1. The Morgan fingerprint density at radius 3 is 2.67 bits per heavy atom. The Morgan fingerprint density at radius 1 is 1.24 bits per heavy atom. The monoisotopic (exact) mass is 286 g/mol. The lowest BCUT2D eigenvalue weighted by molar-refractivity contribution is 0.0700. The van der Waals surface area contributed by atoms with Crippen LogP contribution in [0.4, 0.5) is 0 Å². The SMILES string of the molecule is COc1ccccc1CN(CCO)C(=O)c1ccccn1. The van der Waals surface area contributed by atoms with Crippen molar-refractivity contribution in [1.29, 1.82) is 0 Å². The van der Waals surface area contributed by atoms with Gasteiger partial charge in [0.25, 0.3) is 5.91 Å². The minimum absolute atomic E-state index is 0.103. The molecule has 0 saturated heterocycles. The molecule has 0 aliphatic rings. The van der Waals surface area contributed by atoms with E-state index in [1.54, 1.807) is 36.4 Å². The quantitative estimate of drug-likeness (QED) is 0.878. The molecule has 110 valence electrons. The zero-order valence-electron chi connectivity index (χ0n) is 11.9. The third-order valence-electron chi connectivity index (χ3n) is 3.09. The lowest BCUT2D eigenvalue weighted by Gasteiger charge is -2.22. The summed E-state index contributed by atoms with van der Waals surface area (Å²) in [6, 6.07) is 12.7. The Hall–Kier alpha value is -2.40. The van der Waals surface area contributed by atoms with Crippen molar-refractivity contribution in [3.05, 3.63) is 59.9 Å². The van der Waals surface area contributed by atoms with Crippen molar-refractivity contribution in [3.8, 4) is 5.75 Å². The second kappa shape index (κ2) is 7.40. The summed E-state index contributed by atoms with van der Waals surface area (Å²) in [5.74, 6) is 0.504. The molecule has 0 spiro atoms. The summed E-state index contributed by atoms with van der Waals surface area (Å²) in [5.41, 5.74) is 1.25. The predicted octanol–water partition coefficient (Wildman–Crippen LogP) is 1.72. The molecule has 0 unspecified atom stereocenters. The molecular weight excluding hydrogens is 268 g/mol. The standard InChI is InChI=1S/C16H18N2O3/c1-21-15-8-3-2-6-13(15)12-18(10-11-19)16(20)14-7-4-5-9-17-14/h2-9,19H,10-12H2,1H3. The first kappa shape index (κ1) is 15.0. The number of amides is 1. The van der Waals surface area contributed by atoms with Crippen molar-refractivity contribution in [1.82, 2.24) is 9.88 Å². The molecule has 2 aromatic rings. The van der Waals surface area contributed by atoms with Gasteiger partial charge in [0, 0.05) is 24.8 Å². The van der Waals surface area contributed by atoms with Crippen LogP contribution in [0.1, 0.15) is 16.1 Å². The number of hydrogen-bond donors (Lipinski definition) is 1. The fourth-order valence-corrected chi connectivity index (χ4v) is 2.06. The average Bonchev–Trinajstić information content (AvgIpc) is 2.55. The van der Waals surface area contributed by atoms with E-state index in [1.807, 2.05) is 24.3 Å². The lowest BCUT2D eigenvalue weighted by Crippen LogP contribution is -2.33. The number of aromatic nitrogens is 1. The van der Waals surface area contributed by atoms with Crippen LogP contribution in [0.2, 0.25) is 0 Å². The van der Waals surface area contributed by atoms with Gasteiger partial charge in [0.1, 0.15) is 11.4 Å². The molecule has 0 aliphatic carbocycles. The van der Waals surface area contributed by atoms with Gasteiger partial charge in [0.2, 0.25) is 0 Å². The van der Waals surface area contributed by atoms with Crippen LogP contribution in [0.5, 0.6) is 5.75 Å². The first-order chi connectivity index (χ1) is 10.3. The third kappa shape index (κ3) is 3.79. The average molecular weight is 286 g/mol. The number of benzene rings is 1. The Balaban J connectivity index is 2.21.